The first-order valence-electron chi connectivity index (χ1n) is 8.17. The molecule has 0 unspecified atom stereocenters. The molecule has 0 atom stereocenters. The Hall–Kier alpha value is -3.66. The van der Waals surface area contributed by atoms with Crippen molar-refractivity contribution < 1.29 is 19.3 Å². The number of non-ortho nitro benzene ring substituents is 1. The number of carbonyl (C=O) groups is 3. The minimum atomic E-state index is -0.547. The Morgan fingerprint density at radius 2 is 1.71 bits per heavy atom. The van der Waals surface area contributed by atoms with Crippen molar-refractivity contribution in [1.29, 1.82) is 0 Å². The fourth-order valence-electron chi connectivity index (χ4n) is 2.70. The summed E-state index contributed by atoms with van der Waals surface area (Å²) in [5, 5.41) is 15.8. The number of carbonyl (C=O) groups excluding carboxylic acids is 3. The third kappa shape index (κ3) is 4.01. The number of nitrogens with zero attached hydrogens (tertiary/aromatic N) is 2. The Morgan fingerprint density at radius 1 is 1.07 bits per heavy atom. The van der Waals surface area contributed by atoms with Gasteiger partial charge in [0, 0.05) is 30.8 Å². The maximum Gasteiger partial charge on any atom is 0.271 e. The molecule has 0 spiro atoms. The van der Waals surface area contributed by atoms with Crippen molar-refractivity contribution >= 4 is 46.4 Å². The Kier molecular flexibility index (Phi) is 5.41. The van der Waals surface area contributed by atoms with Crippen molar-refractivity contribution in [1.82, 2.24) is 10.2 Å². The molecule has 1 heterocycles. The van der Waals surface area contributed by atoms with Crippen LogP contribution in [0.2, 0.25) is 0 Å². The molecule has 10 heteroatoms. The molecule has 3 amide bonds. The van der Waals surface area contributed by atoms with Gasteiger partial charge >= 0.3 is 0 Å². The number of thiocarbonyl (C=S) groups is 1. The summed E-state index contributed by atoms with van der Waals surface area (Å²) in [5.74, 6) is -1.38. The Morgan fingerprint density at radius 3 is 2.32 bits per heavy atom. The third-order valence-corrected chi connectivity index (χ3v) is 4.21. The topological polar surface area (TPSA) is 122 Å². The lowest BCUT2D eigenvalue weighted by molar-refractivity contribution is -0.384. The predicted molar refractivity (Wildman–Crippen MR) is 104 cm³/mol. The van der Waals surface area contributed by atoms with E-state index in [2.05, 4.69) is 10.6 Å². The van der Waals surface area contributed by atoms with Crippen LogP contribution in [0.25, 0.3) is 0 Å². The number of rotatable bonds is 5. The summed E-state index contributed by atoms with van der Waals surface area (Å²) in [6.45, 7) is -0.0857. The van der Waals surface area contributed by atoms with Gasteiger partial charge < -0.3 is 10.6 Å². The molecular weight excluding hydrogens is 384 g/mol. The lowest BCUT2D eigenvalue weighted by Crippen LogP contribution is -2.38. The van der Waals surface area contributed by atoms with Crippen LogP contribution in [-0.2, 0) is 4.79 Å². The van der Waals surface area contributed by atoms with Gasteiger partial charge in [0.15, 0.2) is 5.11 Å². The average Bonchev–Trinajstić information content (AvgIpc) is 2.91. The highest BCUT2D eigenvalue weighted by Crippen LogP contribution is 2.22. The molecule has 0 radical (unpaired) electrons. The number of nitrogens with one attached hydrogen (secondary N) is 2. The largest absolute Gasteiger partial charge is 0.332 e. The van der Waals surface area contributed by atoms with E-state index >= 15 is 0 Å². The molecule has 28 heavy (non-hydrogen) atoms. The van der Waals surface area contributed by atoms with Crippen molar-refractivity contribution in [3.05, 3.63) is 69.8 Å². The minimum absolute atomic E-state index is 0.0483. The summed E-state index contributed by atoms with van der Waals surface area (Å²) in [6.07, 6.45) is -0.137. The minimum Gasteiger partial charge on any atom is -0.332 e. The van der Waals surface area contributed by atoms with E-state index in [1.807, 2.05) is 0 Å². The number of nitro benzene ring substituents is 1. The second-order valence-electron chi connectivity index (χ2n) is 5.87. The van der Waals surface area contributed by atoms with E-state index in [-0.39, 0.29) is 23.8 Å². The van der Waals surface area contributed by atoms with Gasteiger partial charge in [-0.15, -0.1) is 0 Å². The molecule has 9 nitrogen and oxygen atoms in total. The fraction of sp³-hybridized carbons (Fsp3) is 0.111. The monoisotopic (exact) mass is 398 g/mol. The Bertz CT molecular complexity index is 972. The van der Waals surface area contributed by atoms with E-state index in [1.165, 1.54) is 18.2 Å². The smallest absolute Gasteiger partial charge is 0.271 e. The zero-order chi connectivity index (χ0) is 20.3. The standard InChI is InChI=1S/C18H14N4O5S/c23-15(20-18(28)19-11-4-3-5-12(10-11)22(26)27)8-9-21-16(24)13-6-1-2-7-14(13)17(21)25/h1-7,10H,8-9H2,(H2,19,20,23,28). The SMILES string of the molecule is O=C(CCN1C(=O)c2ccccc2C1=O)NC(=S)Nc1cccc([N+](=O)[O-])c1. The predicted octanol–water partition coefficient (Wildman–Crippen LogP) is 2.09. The molecule has 3 rings (SSSR count). The number of anilines is 1. The molecule has 2 aromatic rings. The maximum atomic E-state index is 12.3. The van der Waals surface area contributed by atoms with E-state index in [1.54, 1.807) is 30.3 Å². The lowest BCUT2D eigenvalue weighted by atomic mass is 10.1. The Balaban J connectivity index is 1.53. The van der Waals surface area contributed by atoms with Crippen molar-refractivity contribution in [3.63, 3.8) is 0 Å². The number of imide groups is 1. The highest BCUT2D eigenvalue weighted by Gasteiger charge is 2.34. The van der Waals surface area contributed by atoms with E-state index in [4.69, 9.17) is 12.2 Å². The summed E-state index contributed by atoms with van der Waals surface area (Å²) >= 11 is 5.01. The molecule has 1 aliphatic rings. The molecule has 0 fully saturated rings. The second-order valence-corrected chi connectivity index (χ2v) is 6.28. The van der Waals surface area contributed by atoms with Gasteiger partial charge in [-0.25, -0.2) is 0 Å². The number of hydrogen-bond donors (Lipinski definition) is 2. The van der Waals surface area contributed by atoms with E-state index in [0.29, 0.717) is 16.8 Å². The highest BCUT2D eigenvalue weighted by atomic mass is 32.1. The zero-order valence-corrected chi connectivity index (χ0v) is 15.2. The molecule has 142 valence electrons. The molecule has 0 saturated heterocycles. The highest BCUT2D eigenvalue weighted by molar-refractivity contribution is 7.80. The Labute approximate surface area is 164 Å². The first kappa shape index (κ1) is 19.1. The first-order valence-corrected chi connectivity index (χ1v) is 8.58. The lowest BCUT2D eigenvalue weighted by Gasteiger charge is -2.14. The van der Waals surface area contributed by atoms with Crippen LogP contribution in [0.4, 0.5) is 11.4 Å². The van der Waals surface area contributed by atoms with Crippen LogP contribution in [-0.4, -0.2) is 39.2 Å². The second kappa shape index (κ2) is 7.92. The summed E-state index contributed by atoms with van der Waals surface area (Å²) in [5.41, 5.74) is 0.858. The van der Waals surface area contributed by atoms with Crippen molar-refractivity contribution in [2.24, 2.45) is 0 Å². The van der Waals surface area contributed by atoms with Gasteiger partial charge in [0.1, 0.15) is 0 Å². The van der Waals surface area contributed by atoms with Gasteiger partial charge in [0.05, 0.1) is 16.1 Å². The average molecular weight is 398 g/mol. The third-order valence-electron chi connectivity index (χ3n) is 4.01. The molecule has 0 saturated carbocycles. The van der Waals surface area contributed by atoms with Crippen LogP contribution in [0.5, 0.6) is 0 Å². The number of amides is 3. The van der Waals surface area contributed by atoms with Gasteiger partial charge in [0.2, 0.25) is 5.91 Å². The summed E-state index contributed by atoms with van der Waals surface area (Å²) in [6, 6.07) is 12.1. The van der Waals surface area contributed by atoms with Crippen molar-refractivity contribution in [3.8, 4) is 0 Å². The number of nitro groups is 1. The number of benzene rings is 2. The molecule has 2 aromatic carbocycles. The van der Waals surface area contributed by atoms with E-state index < -0.39 is 22.6 Å². The molecule has 0 bridgehead atoms. The quantitative estimate of drug-likeness (QED) is 0.342. The summed E-state index contributed by atoms with van der Waals surface area (Å²) < 4.78 is 0. The van der Waals surface area contributed by atoms with Crippen LogP contribution in [0.1, 0.15) is 27.1 Å². The zero-order valence-electron chi connectivity index (χ0n) is 14.4. The van der Waals surface area contributed by atoms with Gasteiger partial charge in [-0.2, -0.15) is 0 Å². The molecular formula is C18H14N4O5S. The van der Waals surface area contributed by atoms with Crippen molar-refractivity contribution in [2.75, 3.05) is 11.9 Å². The molecule has 0 aliphatic carbocycles. The fourth-order valence-corrected chi connectivity index (χ4v) is 2.94. The summed E-state index contributed by atoms with van der Waals surface area (Å²) in [4.78, 5) is 47.8. The van der Waals surface area contributed by atoms with E-state index in [9.17, 15) is 24.5 Å². The van der Waals surface area contributed by atoms with Crippen LogP contribution in [0.3, 0.4) is 0 Å². The van der Waals surface area contributed by atoms with Gasteiger partial charge in [-0.05, 0) is 30.4 Å². The molecule has 2 N–H and O–H groups in total. The maximum absolute atomic E-state index is 12.3. The van der Waals surface area contributed by atoms with Crippen LogP contribution in [0, 0.1) is 10.1 Å². The van der Waals surface area contributed by atoms with Gasteiger partial charge in [0.25, 0.3) is 17.5 Å². The number of hydrogen-bond acceptors (Lipinski definition) is 6. The van der Waals surface area contributed by atoms with E-state index in [0.717, 1.165) is 4.90 Å². The molecule has 1 aliphatic heterocycles. The summed E-state index contributed by atoms with van der Waals surface area (Å²) in [7, 11) is 0. The van der Waals surface area contributed by atoms with Crippen molar-refractivity contribution in [2.45, 2.75) is 6.42 Å². The van der Waals surface area contributed by atoms with Gasteiger partial charge in [-0.3, -0.25) is 29.4 Å². The number of fused-ring (bicyclic) bond motifs is 1. The van der Waals surface area contributed by atoms with Crippen LogP contribution in [0.15, 0.2) is 48.5 Å². The normalized spacial score (nSPS) is 12.5. The molecule has 0 aromatic heterocycles. The van der Waals surface area contributed by atoms with Crippen LogP contribution < -0.4 is 10.6 Å². The van der Waals surface area contributed by atoms with Gasteiger partial charge in [-0.1, -0.05) is 18.2 Å². The van der Waals surface area contributed by atoms with Crippen LogP contribution >= 0.6 is 12.2 Å². The first-order chi connectivity index (χ1) is 13.4.